The highest BCUT2D eigenvalue weighted by atomic mass is 32.2. The third-order valence-corrected chi connectivity index (χ3v) is 5.87. The molecule has 7 heteroatoms. The Morgan fingerprint density at radius 2 is 2.04 bits per heavy atom. The minimum atomic E-state index is -0.252. The topological polar surface area (TPSA) is 71.4 Å². The number of thioether (sulfide) groups is 1. The van der Waals surface area contributed by atoms with Crippen LogP contribution in [0.5, 0.6) is 0 Å². The zero-order valence-electron chi connectivity index (χ0n) is 14.4. The van der Waals surface area contributed by atoms with E-state index in [1.54, 1.807) is 18.3 Å². The van der Waals surface area contributed by atoms with Crippen molar-refractivity contribution in [1.82, 2.24) is 4.98 Å². The van der Waals surface area contributed by atoms with Crippen LogP contribution in [0.4, 0.5) is 15.8 Å². The van der Waals surface area contributed by atoms with E-state index < -0.39 is 0 Å². The molecule has 1 fully saturated rings. The van der Waals surface area contributed by atoms with Crippen LogP contribution in [0.15, 0.2) is 54.0 Å². The van der Waals surface area contributed by atoms with Crippen molar-refractivity contribution in [3.63, 3.8) is 0 Å². The molecule has 2 atom stereocenters. The van der Waals surface area contributed by atoms with Gasteiger partial charge in [0, 0.05) is 37.1 Å². The molecule has 2 aromatic rings. The van der Waals surface area contributed by atoms with Gasteiger partial charge in [-0.25, -0.2) is 4.39 Å². The minimum absolute atomic E-state index is 0.167. The van der Waals surface area contributed by atoms with Crippen molar-refractivity contribution in [3.05, 3.63) is 65.3 Å². The number of nitrogens with zero attached hydrogens (tertiary/aromatic N) is 3. The van der Waals surface area contributed by atoms with Gasteiger partial charge < -0.3 is 21.3 Å². The Kier molecular flexibility index (Phi) is 4.74. The first-order valence-corrected chi connectivity index (χ1v) is 9.62. The molecule has 1 unspecified atom stereocenters. The zero-order valence-corrected chi connectivity index (χ0v) is 15.2. The fourth-order valence-electron chi connectivity index (χ4n) is 3.58. The first kappa shape index (κ1) is 17.2. The molecule has 26 heavy (non-hydrogen) atoms. The summed E-state index contributed by atoms with van der Waals surface area (Å²) in [5, 5.41) is 0.404. The maximum Gasteiger partial charge on any atom is 0.129 e. The molecule has 5 nitrogen and oxygen atoms in total. The predicted molar refractivity (Wildman–Crippen MR) is 105 cm³/mol. The van der Waals surface area contributed by atoms with Gasteiger partial charge in [-0.15, -0.1) is 0 Å². The first-order chi connectivity index (χ1) is 12.6. The molecule has 4 rings (SSSR count). The van der Waals surface area contributed by atoms with Crippen LogP contribution in [0, 0.1) is 5.82 Å². The van der Waals surface area contributed by atoms with Crippen LogP contribution in [-0.4, -0.2) is 24.1 Å². The van der Waals surface area contributed by atoms with E-state index in [0.717, 1.165) is 37.3 Å². The second-order valence-electron chi connectivity index (χ2n) is 6.64. The Labute approximate surface area is 156 Å². The summed E-state index contributed by atoms with van der Waals surface area (Å²) in [6.45, 7) is 1.76. The van der Waals surface area contributed by atoms with Gasteiger partial charge in [0.25, 0.3) is 0 Å². The Hall–Kier alpha value is -2.25. The van der Waals surface area contributed by atoms with E-state index in [9.17, 15) is 4.39 Å². The molecular weight excluding hydrogens is 349 g/mol. The molecule has 0 radical (unpaired) electrons. The van der Waals surface area contributed by atoms with Gasteiger partial charge in [0.15, 0.2) is 0 Å². The smallest absolute Gasteiger partial charge is 0.129 e. The van der Waals surface area contributed by atoms with E-state index in [1.165, 1.54) is 17.8 Å². The predicted octanol–water partition coefficient (Wildman–Crippen LogP) is 3.16. The summed E-state index contributed by atoms with van der Waals surface area (Å²) in [5.41, 5.74) is 14.9. The number of aromatic nitrogens is 1. The quantitative estimate of drug-likeness (QED) is 0.864. The van der Waals surface area contributed by atoms with Gasteiger partial charge in [-0.3, -0.25) is 4.98 Å². The van der Waals surface area contributed by atoms with E-state index in [1.807, 2.05) is 29.4 Å². The standard InChI is InChI=1S/C19H22FN5S/c20-15-6-2-1-5-14(15)19-25(12-18(22)26-19)17-10-23-8-7-16(17)24-9-3-4-13(21)11-24/h1-2,5-8,10,12-13,19H,3-4,9,11,21-22H2/t13?,19-/m0/s1. The van der Waals surface area contributed by atoms with E-state index in [-0.39, 0.29) is 17.2 Å². The lowest BCUT2D eigenvalue weighted by molar-refractivity contribution is 0.506. The molecule has 1 aromatic carbocycles. The minimum Gasteiger partial charge on any atom is -0.392 e. The van der Waals surface area contributed by atoms with Crippen LogP contribution in [0.2, 0.25) is 0 Å². The van der Waals surface area contributed by atoms with Crippen molar-refractivity contribution in [2.75, 3.05) is 22.9 Å². The van der Waals surface area contributed by atoms with Crippen LogP contribution >= 0.6 is 11.8 Å². The first-order valence-electron chi connectivity index (χ1n) is 8.75. The molecule has 0 saturated carbocycles. The number of pyridine rings is 1. The van der Waals surface area contributed by atoms with Crippen molar-refractivity contribution in [2.45, 2.75) is 24.3 Å². The molecule has 0 aliphatic carbocycles. The van der Waals surface area contributed by atoms with Crippen LogP contribution in [0.25, 0.3) is 0 Å². The number of rotatable bonds is 3. The van der Waals surface area contributed by atoms with Crippen LogP contribution in [-0.2, 0) is 0 Å². The van der Waals surface area contributed by atoms with Crippen molar-refractivity contribution in [2.24, 2.45) is 11.5 Å². The van der Waals surface area contributed by atoms with E-state index in [0.29, 0.717) is 10.6 Å². The summed E-state index contributed by atoms with van der Waals surface area (Å²) in [5.74, 6) is -0.233. The van der Waals surface area contributed by atoms with Crippen molar-refractivity contribution >= 4 is 23.1 Å². The Morgan fingerprint density at radius 1 is 1.19 bits per heavy atom. The van der Waals surface area contributed by atoms with Gasteiger partial charge in [-0.1, -0.05) is 30.0 Å². The van der Waals surface area contributed by atoms with Crippen LogP contribution < -0.4 is 21.3 Å². The average Bonchev–Trinajstić information content (AvgIpc) is 3.03. The van der Waals surface area contributed by atoms with Gasteiger partial charge in [-0.2, -0.15) is 0 Å². The van der Waals surface area contributed by atoms with Crippen LogP contribution in [0.1, 0.15) is 23.8 Å². The van der Waals surface area contributed by atoms with Gasteiger partial charge in [0.2, 0.25) is 0 Å². The molecule has 0 spiro atoms. The fraction of sp³-hybridized carbons (Fsp3) is 0.316. The van der Waals surface area contributed by atoms with E-state index >= 15 is 0 Å². The Bertz CT molecular complexity index is 827. The van der Waals surface area contributed by atoms with Gasteiger partial charge in [0.05, 0.1) is 22.6 Å². The van der Waals surface area contributed by atoms with Crippen molar-refractivity contribution in [3.8, 4) is 0 Å². The lowest BCUT2D eigenvalue weighted by atomic mass is 10.1. The highest BCUT2D eigenvalue weighted by Gasteiger charge is 2.32. The third kappa shape index (κ3) is 3.24. The molecule has 1 saturated heterocycles. The number of benzene rings is 1. The maximum absolute atomic E-state index is 14.4. The maximum atomic E-state index is 14.4. The normalized spacial score (nSPS) is 23.2. The number of halogens is 1. The molecule has 136 valence electrons. The van der Waals surface area contributed by atoms with Crippen molar-refractivity contribution < 1.29 is 4.39 Å². The SMILES string of the molecule is NC1=CN(c2cnccc2N2CCCC(N)C2)[C@H](c2ccccc2F)S1. The number of hydrogen-bond acceptors (Lipinski definition) is 6. The molecule has 1 aromatic heterocycles. The molecule has 3 heterocycles. The Balaban J connectivity index is 1.73. The summed E-state index contributed by atoms with van der Waals surface area (Å²) >= 11 is 1.45. The van der Waals surface area contributed by atoms with E-state index in [4.69, 9.17) is 11.5 Å². The fourth-order valence-corrected chi connectivity index (χ4v) is 4.62. The summed E-state index contributed by atoms with van der Waals surface area (Å²) < 4.78 is 14.4. The number of piperidine rings is 1. The van der Waals surface area contributed by atoms with Gasteiger partial charge >= 0.3 is 0 Å². The molecular formula is C19H22FN5S. The van der Waals surface area contributed by atoms with Crippen LogP contribution in [0.3, 0.4) is 0 Å². The monoisotopic (exact) mass is 371 g/mol. The second-order valence-corrected chi connectivity index (χ2v) is 7.80. The number of hydrogen-bond donors (Lipinski definition) is 2. The molecule has 2 aliphatic rings. The number of anilines is 2. The summed E-state index contributed by atoms with van der Waals surface area (Å²) in [6, 6.07) is 9.00. The van der Waals surface area contributed by atoms with Gasteiger partial charge in [0.1, 0.15) is 11.2 Å². The van der Waals surface area contributed by atoms with E-state index in [2.05, 4.69) is 9.88 Å². The highest BCUT2D eigenvalue weighted by molar-refractivity contribution is 8.03. The Morgan fingerprint density at radius 3 is 2.85 bits per heavy atom. The molecule has 0 amide bonds. The number of nitrogens with two attached hydrogens (primary N) is 2. The second kappa shape index (κ2) is 7.17. The van der Waals surface area contributed by atoms with Gasteiger partial charge in [-0.05, 0) is 25.0 Å². The average molecular weight is 371 g/mol. The summed E-state index contributed by atoms with van der Waals surface area (Å²) in [6.07, 6.45) is 7.58. The summed E-state index contributed by atoms with van der Waals surface area (Å²) in [7, 11) is 0. The lowest BCUT2D eigenvalue weighted by Crippen LogP contribution is -2.43. The molecule has 0 bridgehead atoms. The summed E-state index contributed by atoms with van der Waals surface area (Å²) in [4.78, 5) is 8.61. The van der Waals surface area contributed by atoms with Crippen molar-refractivity contribution in [1.29, 1.82) is 0 Å². The third-order valence-electron chi connectivity index (χ3n) is 4.79. The molecule has 4 N–H and O–H groups in total. The zero-order chi connectivity index (χ0) is 18.1. The highest BCUT2D eigenvalue weighted by Crippen LogP contribution is 2.47. The molecule has 2 aliphatic heterocycles. The lowest BCUT2D eigenvalue weighted by Gasteiger charge is -2.36. The largest absolute Gasteiger partial charge is 0.392 e.